The first-order valence-corrected chi connectivity index (χ1v) is 5.91. The van der Waals surface area contributed by atoms with E-state index in [-0.39, 0.29) is 12.5 Å². The first kappa shape index (κ1) is 14.0. The summed E-state index contributed by atoms with van der Waals surface area (Å²) in [6, 6.07) is 7.17. The third-order valence-corrected chi connectivity index (χ3v) is 2.62. The molecule has 0 saturated heterocycles. The Balaban J connectivity index is 2.02. The molecule has 1 aromatic heterocycles. The van der Waals surface area contributed by atoms with Crippen molar-refractivity contribution in [2.24, 2.45) is 0 Å². The van der Waals surface area contributed by atoms with Gasteiger partial charge >= 0.3 is 5.97 Å². The van der Waals surface area contributed by atoms with Gasteiger partial charge in [-0.1, -0.05) is 5.16 Å². The largest absolute Gasteiger partial charge is 0.497 e. The van der Waals surface area contributed by atoms with Crippen LogP contribution >= 0.6 is 0 Å². The SMILES string of the molecule is COc1ccc(-c2noc(CO[C@H](C)C(=O)O)n2)cc1. The molecule has 0 radical (unpaired) electrons. The monoisotopic (exact) mass is 278 g/mol. The highest BCUT2D eigenvalue weighted by atomic mass is 16.5. The highest BCUT2D eigenvalue weighted by molar-refractivity contribution is 5.71. The van der Waals surface area contributed by atoms with Crippen molar-refractivity contribution in [1.82, 2.24) is 10.1 Å². The molecule has 20 heavy (non-hydrogen) atoms. The maximum atomic E-state index is 10.6. The zero-order chi connectivity index (χ0) is 14.5. The highest BCUT2D eigenvalue weighted by Gasteiger charge is 2.14. The van der Waals surface area contributed by atoms with Gasteiger partial charge in [-0.2, -0.15) is 4.98 Å². The van der Waals surface area contributed by atoms with E-state index in [4.69, 9.17) is 19.1 Å². The Morgan fingerprint density at radius 2 is 2.10 bits per heavy atom. The standard InChI is InChI=1S/C13H14N2O5/c1-8(13(16)17)19-7-11-14-12(15-20-11)9-3-5-10(18-2)6-4-9/h3-6,8H,7H2,1-2H3,(H,16,17)/t8-/m1/s1. The molecular formula is C13H14N2O5. The van der Waals surface area contributed by atoms with Crippen LogP contribution < -0.4 is 4.74 Å². The summed E-state index contributed by atoms with van der Waals surface area (Å²) in [6.45, 7) is 1.39. The fourth-order valence-corrected chi connectivity index (χ4v) is 1.44. The molecule has 1 heterocycles. The molecular weight excluding hydrogens is 264 g/mol. The Labute approximate surface area is 115 Å². The Morgan fingerprint density at radius 3 is 2.70 bits per heavy atom. The van der Waals surface area contributed by atoms with Crippen LogP contribution in [0.15, 0.2) is 28.8 Å². The number of nitrogens with zero attached hydrogens (tertiary/aromatic N) is 2. The number of ether oxygens (including phenoxy) is 2. The van der Waals surface area contributed by atoms with Gasteiger partial charge in [-0.3, -0.25) is 0 Å². The molecule has 1 N–H and O–H groups in total. The van der Waals surface area contributed by atoms with E-state index in [1.54, 1.807) is 31.4 Å². The fraction of sp³-hybridized carbons (Fsp3) is 0.308. The van der Waals surface area contributed by atoms with E-state index >= 15 is 0 Å². The highest BCUT2D eigenvalue weighted by Crippen LogP contribution is 2.19. The lowest BCUT2D eigenvalue weighted by molar-refractivity contribution is -0.150. The third-order valence-electron chi connectivity index (χ3n) is 2.62. The number of aromatic nitrogens is 2. The van der Waals surface area contributed by atoms with Gasteiger partial charge in [0.15, 0.2) is 6.10 Å². The summed E-state index contributed by atoms with van der Waals surface area (Å²) >= 11 is 0. The lowest BCUT2D eigenvalue weighted by Gasteiger charge is -2.04. The Kier molecular flexibility index (Phi) is 4.31. The number of benzene rings is 1. The van der Waals surface area contributed by atoms with Gasteiger partial charge in [-0.25, -0.2) is 4.79 Å². The minimum atomic E-state index is -1.04. The Bertz CT molecular complexity index is 579. The zero-order valence-electron chi connectivity index (χ0n) is 11.1. The number of hydrogen-bond donors (Lipinski definition) is 1. The van der Waals surface area contributed by atoms with Crippen LogP contribution in [0, 0.1) is 0 Å². The molecule has 0 aliphatic rings. The van der Waals surface area contributed by atoms with E-state index < -0.39 is 12.1 Å². The van der Waals surface area contributed by atoms with E-state index in [0.29, 0.717) is 5.82 Å². The van der Waals surface area contributed by atoms with Crippen LogP contribution in [0.5, 0.6) is 5.75 Å². The minimum Gasteiger partial charge on any atom is -0.497 e. The summed E-state index contributed by atoms with van der Waals surface area (Å²) in [5, 5.41) is 12.5. The second kappa shape index (κ2) is 6.16. The van der Waals surface area contributed by atoms with E-state index in [9.17, 15) is 4.79 Å². The van der Waals surface area contributed by atoms with E-state index in [1.165, 1.54) is 6.92 Å². The average Bonchev–Trinajstić information content (AvgIpc) is 2.93. The topological polar surface area (TPSA) is 94.7 Å². The predicted molar refractivity (Wildman–Crippen MR) is 68.2 cm³/mol. The summed E-state index contributed by atoms with van der Waals surface area (Å²) in [7, 11) is 1.59. The molecule has 0 saturated carbocycles. The van der Waals surface area contributed by atoms with Crippen LogP contribution in [0.3, 0.4) is 0 Å². The number of carboxylic acids is 1. The molecule has 1 atom stereocenters. The van der Waals surface area contributed by atoms with E-state index in [0.717, 1.165) is 11.3 Å². The van der Waals surface area contributed by atoms with Gasteiger partial charge in [0.2, 0.25) is 5.82 Å². The van der Waals surface area contributed by atoms with Crippen LogP contribution in [0.4, 0.5) is 0 Å². The molecule has 0 bridgehead atoms. The normalized spacial score (nSPS) is 12.1. The maximum absolute atomic E-state index is 10.6. The molecule has 7 heteroatoms. The van der Waals surface area contributed by atoms with Gasteiger partial charge in [0.25, 0.3) is 5.89 Å². The molecule has 0 spiro atoms. The third kappa shape index (κ3) is 3.33. The quantitative estimate of drug-likeness (QED) is 0.859. The fourth-order valence-electron chi connectivity index (χ4n) is 1.44. The summed E-state index contributed by atoms with van der Waals surface area (Å²) in [5.74, 6) is 0.328. The van der Waals surface area contributed by atoms with Crippen molar-refractivity contribution in [2.45, 2.75) is 19.6 Å². The minimum absolute atomic E-state index is 0.0450. The van der Waals surface area contributed by atoms with Crippen LogP contribution in [0.1, 0.15) is 12.8 Å². The van der Waals surface area contributed by atoms with Gasteiger partial charge in [-0.05, 0) is 31.2 Å². The number of hydrogen-bond acceptors (Lipinski definition) is 6. The zero-order valence-corrected chi connectivity index (χ0v) is 11.1. The van der Waals surface area contributed by atoms with Crippen LogP contribution in [-0.4, -0.2) is 34.4 Å². The van der Waals surface area contributed by atoms with Crippen LogP contribution in [-0.2, 0) is 16.1 Å². The lowest BCUT2D eigenvalue weighted by atomic mass is 10.2. The first-order valence-electron chi connectivity index (χ1n) is 5.91. The van der Waals surface area contributed by atoms with Crippen molar-refractivity contribution >= 4 is 5.97 Å². The maximum Gasteiger partial charge on any atom is 0.332 e. The summed E-state index contributed by atoms with van der Waals surface area (Å²) in [4.78, 5) is 14.7. The van der Waals surface area contributed by atoms with Gasteiger partial charge in [0, 0.05) is 5.56 Å². The molecule has 7 nitrogen and oxygen atoms in total. The number of carbonyl (C=O) groups is 1. The molecule has 0 unspecified atom stereocenters. The second-order valence-electron chi connectivity index (χ2n) is 4.03. The van der Waals surface area contributed by atoms with Gasteiger partial charge in [-0.15, -0.1) is 0 Å². The van der Waals surface area contributed by atoms with Crippen molar-refractivity contribution in [3.63, 3.8) is 0 Å². The van der Waals surface area contributed by atoms with Crippen LogP contribution in [0.25, 0.3) is 11.4 Å². The first-order chi connectivity index (χ1) is 9.60. The molecule has 2 aromatic rings. The smallest absolute Gasteiger partial charge is 0.332 e. The number of aliphatic carboxylic acids is 1. The van der Waals surface area contributed by atoms with Crippen molar-refractivity contribution in [3.8, 4) is 17.1 Å². The van der Waals surface area contributed by atoms with Gasteiger partial charge in [0.1, 0.15) is 12.4 Å². The van der Waals surface area contributed by atoms with Crippen molar-refractivity contribution in [1.29, 1.82) is 0 Å². The molecule has 0 amide bonds. The number of carboxylic acid groups (broad SMARTS) is 1. The predicted octanol–water partition coefficient (Wildman–Crippen LogP) is 1.73. The number of methoxy groups -OCH3 is 1. The lowest BCUT2D eigenvalue weighted by Crippen LogP contribution is -2.19. The molecule has 1 aromatic carbocycles. The molecule has 2 rings (SSSR count). The molecule has 0 aliphatic carbocycles. The Hall–Kier alpha value is -2.41. The van der Waals surface area contributed by atoms with E-state index in [2.05, 4.69) is 10.1 Å². The van der Waals surface area contributed by atoms with E-state index in [1.807, 2.05) is 0 Å². The second-order valence-corrected chi connectivity index (χ2v) is 4.03. The van der Waals surface area contributed by atoms with Gasteiger partial charge < -0.3 is 19.1 Å². The molecule has 0 fully saturated rings. The Morgan fingerprint density at radius 1 is 1.40 bits per heavy atom. The average molecular weight is 278 g/mol. The van der Waals surface area contributed by atoms with Crippen molar-refractivity contribution in [3.05, 3.63) is 30.2 Å². The molecule has 0 aliphatic heterocycles. The summed E-state index contributed by atoms with van der Waals surface area (Å²) in [5.41, 5.74) is 0.770. The molecule has 106 valence electrons. The van der Waals surface area contributed by atoms with Crippen molar-refractivity contribution < 1.29 is 23.9 Å². The number of rotatable bonds is 6. The van der Waals surface area contributed by atoms with Crippen molar-refractivity contribution in [2.75, 3.05) is 7.11 Å². The van der Waals surface area contributed by atoms with Gasteiger partial charge in [0.05, 0.1) is 7.11 Å². The summed E-state index contributed by atoms with van der Waals surface area (Å²) in [6.07, 6.45) is -0.925. The summed E-state index contributed by atoms with van der Waals surface area (Å²) < 4.78 is 15.1. The van der Waals surface area contributed by atoms with Crippen LogP contribution in [0.2, 0.25) is 0 Å².